The van der Waals surface area contributed by atoms with E-state index in [9.17, 15) is 76.8 Å². The third kappa shape index (κ3) is 20.1. The minimum Gasteiger partial charge on any atom is -0.748 e. The van der Waals surface area contributed by atoms with Gasteiger partial charge in [0.1, 0.15) is 26.8 Å². The molecule has 0 N–H and O–H groups in total. The van der Waals surface area contributed by atoms with Gasteiger partial charge in [0.15, 0.2) is 5.71 Å². The van der Waals surface area contributed by atoms with Crippen molar-refractivity contribution in [2.75, 3.05) is 29.5 Å². The topological polar surface area (TPSA) is 382 Å². The minimum atomic E-state index is -5.17. The van der Waals surface area contributed by atoms with Gasteiger partial charge in [-0.05, 0) is 132 Å². The number of hydrogen-bond acceptors (Lipinski definition) is 25. The molecular formula is C54H52N3Na5O22S6. The second kappa shape index (κ2) is 34.5. The zero-order valence-electron chi connectivity index (χ0n) is 50.5. The van der Waals surface area contributed by atoms with Crippen molar-refractivity contribution in [3.63, 3.8) is 0 Å². The molecule has 0 aromatic heterocycles. The number of imide groups is 1. The number of amides is 2. The Hall–Kier alpha value is -0.980. The van der Waals surface area contributed by atoms with Crippen LogP contribution < -0.4 is 163 Å². The number of fused-ring (bicyclic) bond motifs is 6. The van der Waals surface area contributed by atoms with Crippen molar-refractivity contribution < 1.29 is 253 Å². The smallest absolute Gasteiger partial charge is 0.748 e. The van der Waals surface area contributed by atoms with Gasteiger partial charge in [-0.1, -0.05) is 50.3 Å². The molecule has 0 aliphatic carbocycles. The monoisotopic (exact) mass is 1400 g/mol. The third-order valence-electron chi connectivity index (χ3n) is 14.6. The summed E-state index contributed by atoms with van der Waals surface area (Å²) >= 11 is 0.726. The molecule has 1 fully saturated rings. The Bertz CT molecular complexity index is 4130. The molecule has 456 valence electrons. The van der Waals surface area contributed by atoms with E-state index < -0.39 is 90.4 Å². The van der Waals surface area contributed by atoms with Crippen molar-refractivity contribution in [2.24, 2.45) is 0 Å². The zero-order valence-corrected chi connectivity index (χ0v) is 65.4. The summed E-state index contributed by atoms with van der Waals surface area (Å²) in [5.74, 6) is -3.52. The fraction of sp³-hybridized carbons (Fsp3) is 0.333. The van der Waals surface area contributed by atoms with Crippen LogP contribution >= 0.6 is 24.1 Å². The van der Waals surface area contributed by atoms with Gasteiger partial charge in [0.25, 0.3) is 11.8 Å². The van der Waals surface area contributed by atoms with Crippen LogP contribution in [0, 0.1) is 0 Å². The number of carbonyl (C=O) groups excluding carboxylic acids is 3. The van der Waals surface area contributed by atoms with Crippen LogP contribution in [0.5, 0.6) is 0 Å². The fourth-order valence-electron chi connectivity index (χ4n) is 11.0. The number of hydroxylamine groups is 2. The van der Waals surface area contributed by atoms with E-state index in [1.165, 1.54) is 18.2 Å². The number of rotatable bonds is 26. The number of aryl methyl sites for hydroxylation is 1. The first-order valence-corrected chi connectivity index (χ1v) is 33.3. The maximum absolute atomic E-state index is 13.0. The van der Waals surface area contributed by atoms with Crippen LogP contribution in [0.4, 0.5) is 11.4 Å². The molecule has 36 heteroatoms. The molecule has 0 bridgehead atoms. The number of anilines is 1. The van der Waals surface area contributed by atoms with Crippen molar-refractivity contribution >= 4 is 127 Å². The number of nitrogens with zero attached hydrogens (tertiary/aromatic N) is 3. The summed E-state index contributed by atoms with van der Waals surface area (Å²) in [5.41, 5.74) is 2.40. The van der Waals surface area contributed by atoms with Gasteiger partial charge < -0.3 is 38.5 Å². The van der Waals surface area contributed by atoms with Crippen molar-refractivity contribution in [1.29, 1.82) is 0 Å². The van der Waals surface area contributed by atoms with Gasteiger partial charge in [-0.2, -0.15) is 13.2 Å². The molecule has 25 nitrogen and oxygen atoms in total. The van der Waals surface area contributed by atoms with Gasteiger partial charge >= 0.3 is 154 Å². The van der Waals surface area contributed by atoms with E-state index in [-0.39, 0.29) is 238 Å². The summed E-state index contributed by atoms with van der Waals surface area (Å²) in [5, 5.41) is 30.3. The summed E-state index contributed by atoms with van der Waals surface area (Å²) in [6.45, 7) is 7.46. The summed E-state index contributed by atoms with van der Waals surface area (Å²) in [6.07, 6.45) is 6.78. The molecule has 3 heterocycles. The van der Waals surface area contributed by atoms with Crippen LogP contribution in [0.1, 0.15) is 94.9 Å². The maximum atomic E-state index is 13.0. The van der Waals surface area contributed by atoms with Gasteiger partial charge in [-0.15, -0.1) is 5.06 Å². The normalized spacial score (nSPS) is 16.0. The van der Waals surface area contributed by atoms with Crippen LogP contribution in [-0.2, 0) is 95.7 Å². The Morgan fingerprint density at radius 3 is 1.90 bits per heavy atom. The molecule has 3 aliphatic rings. The molecule has 0 atom stereocenters. The quantitative estimate of drug-likeness (QED) is 0.00571. The first-order valence-electron chi connectivity index (χ1n) is 25.8. The molecule has 0 saturated carbocycles. The van der Waals surface area contributed by atoms with Crippen molar-refractivity contribution in [2.45, 2.75) is 109 Å². The van der Waals surface area contributed by atoms with Gasteiger partial charge in [0.2, 0.25) is 5.69 Å². The van der Waals surface area contributed by atoms with Crippen LogP contribution in [0.25, 0.3) is 27.1 Å². The molecule has 8 rings (SSSR count). The van der Waals surface area contributed by atoms with Crippen LogP contribution in [-0.4, -0.2) is 110 Å². The van der Waals surface area contributed by atoms with Crippen LogP contribution in [0.3, 0.4) is 0 Å². The summed E-state index contributed by atoms with van der Waals surface area (Å²) < 4.78 is 158. The van der Waals surface area contributed by atoms with E-state index in [0.717, 1.165) is 12.1 Å². The van der Waals surface area contributed by atoms with E-state index in [4.69, 9.17) is 4.84 Å². The van der Waals surface area contributed by atoms with Gasteiger partial charge in [-0.3, -0.25) is 19.7 Å². The maximum Gasteiger partial charge on any atom is 1.00 e. The SMILES string of the molecule is CC1(C)C(/C=C/C(=C/C=C2/N(CCCCS(=O)(=O)[O-])c3ccc4c(S(=O)(=O)[O-])cc(SOO[O-])cc4c3C2(C)C)c2cccc(CCC(=O)ON3C(=O)CCC3=O)c2)=[N+](CCCCS(=O)(=O)[O-])c2ccc3c(SOO[O-])cc(S(=O)(=O)[O-])cc3c21.[Na+].[Na+].[Na+].[Na+].[Na+]. The number of allylic oxidation sites excluding steroid dienone is 6. The summed E-state index contributed by atoms with van der Waals surface area (Å²) in [4.78, 5) is 43.2. The predicted molar refractivity (Wildman–Crippen MR) is 298 cm³/mol. The number of carbonyl (C=O) groups is 3. The Morgan fingerprint density at radius 2 is 1.29 bits per heavy atom. The number of hydrogen-bond donors (Lipinski definition) is 0. The van der Waals surface area contributed by atoms with E-state index in [1.54, 1.807) is 66.8 Å². The number of unbranched alkanes of at least 4 members (excludes halogenated alkanes) is 2. The second-order valence-electron chi connectivity index (χ2n) is 20.9. The Balaban J connectivity index is 0.00000423. The third-order valence-corrected chi connectivity index (χ3v) is 19.1. The summed E-state index contributed by atoms with van der Waals surface area (Å²) in [6, 6.07) is 18.1. The van der Waals surface area contributed by atoms with Crippen molar-refractivity contribution in [3.8, 4) is 0 Å². The van der Waals surface area contributed by atoms with Crippen LogP contribution in [0.2, 0.25) is 0 Å². The van der Waals surface area contributed by atoms with Gasteiger partial charge in [0.05, 0.1) is 65.9 Å². The molecule has 0 radical (unpaired) electrons. The standard InChI is InChI=1S/C54H57N3O22S6.5Na/c1-53(2)46(56(25-6-8-27-83(66,67)68)43-18-16-39-40(51(43)53)29-36(80-78-76-61)30-45(39)85(72,73)74)19-13-34(35-11-9-10-33(28-35)12-23-50(60)75-57-48(58)21-22-49(57)59)14-20-47-54(3,4)52-41-31-37(84(69,70)71)32-44(81-79-77-62)38(41)15-17-42(52)55(47)24-5-7-26-82(63,64)65;;;;;/h9-11,13-20,28-32H,5-8,12,21-27H2,1-4H3,(H5-,61,62,63,64,65,66,67,68,69,70,71,72,73,74);;;;;/q;5*+1/p-5. The molecule has 5 aromatic rings. The van der Waals surface area contributed by atoms with E-state index in [1.807, 2.05) is 37.2 Å². The fourth-order valence-corrected chi connectivity index (χ4v) is 14.5. The van der Waals surface area contributed by atoms with E-state index >= 15 is 0 Å². The molecule has 2 amide bonds. The molecule has 1 saturated heterocycles. The minimum absolute atomic E-state index is 0. The molecule has 5 aromatic carbocycles. The molecule has 0 unspecified atom stereocenters. The van der Waals surface area contributed by atoms with Gasteiger partial charge in [-0.25, -0.2) is 38.5 Å². The molecular weight excluding hydrogens is 1350 g/mol. The van der Waals surface area contributed by atoms with E-state index in [2.05, 4.69) is 18.7 Å². The second-order valence-corrected chi connectivity index (χ2v) is 28.2. The Labute approximate surface area is 639 Å². The average Bonchev–Trinajstić information content (AvgIpc) is 1.54. The van der Waals surface area contributed by atoms with Gasteiger partial charge in [0, 0.05) is 81.6 Å². The summed E-state index contributed by atoms with van der Waals surface area (Å²) in [7, 11) is -19.5. The van der Waals surface area contributed by atoms with Crippen molar-refractivity contribution in [3.05, 3.63) is 125 Å². The zero-order chi connectivity index (χ0) is 62.0. The van der Waals surface area contributed by atoms with Crippen LogP contribution in [0.15, 0.2) is 122 Å². The molecule has 90 heavy (non-hydrogen) atoms. The molecule has 3 aliphatic heterocycles. The number of benzene rings is 5. The predicted octanol–water partition coefficient (Wildman–Crippen LogP) is -9.83. The largest absolute Gasteiger partial charge is 1.00 e. The van der Waals surface area contributed by atoms with Crippen molar-refractivity contribution in [1.82, 2.24) is 5.06 Å². The Morgan fingerprint density at radius 1 is 0.678 bits per heavy atom. The molecule has 0 spiro atoms. The first-order chi connectivity index (χ1) is 39.8. The first kappa shape index (κ1) is 83.2. The Kier molecular flexibility index (Phi) is 31.9. The van der Waals surface area contributed by atoms with E-state index in [0.29, 0.717) is 85.1 Å². The average molecular weight is 1400 g/mol.